The summed E-state index contributed by atoms with van der Waals surface area (Å²) in [6, 6.07) is 9.83. The summed E-state index contributed by atoms with van der Waals surface area (Å²) in [6.07, 6.45) is -3.20. The molecule has 0 unspecified atom stereocenters. The number of carbonyl (C=O) groups is 1. The summed E-state index contributed by atoms with van der Waals surface area (Å²) in [4.78, 5) is 34.0. The van der Waals surface area contributed by atoms with E-state index in [0.717, 1.165) is 12.8 Å². The van der Waals surface area contributed by atoms with Gasteiger partial charge in [-0.25, -0.2) is 0 Å². The lowest BCUT2D eigenvalue weighted by molar-refractivity contribution is -0.198. The molecule has 0 radical (unpaired) electrons. The van der Waals surface area contributed by atoms with Gasteiger partial charge in [0.05, 0.1) is 6.61 Å². The van der Waals surface area contributed by atoms with Gasteiger partial charge < -0.3 is 30.0 Å². The predicted octanol–water partition coefficient (Wildman–Crippen LogP) is 3.62. The fourth-order valence-corrected chi connectivity index (χ4v) is 5.63. The third-order valence-electron chi connectivity index (χ3n) is 7.95. The Hall–Kier alpha value is -4.13. The van der Waals surface area contributed by atoms with Gasteiger partial charge in [-0.15, -0.1) is 0 Å². The molecule has 0 bridgehead atoms. The number of halogens is 3. The van der Waals surface area contributed by atoms with Gasteiger partial charge in [-0.05, 0) is 48.8 Å². The molecule has 0 saturated carbocycles. The minimum atomic E-state index is -4.74. The van der Waals surface area contributed by atoms with E-state index >= 15 is 0 Å². The van der Waals surface area contributed by atoms with Crippen molar-refractivity contribution in [2.75, 3.05) is 36.9 Å². The number of hydrogen-bond donors (Lipinski definition) is 2. The minimum absolute atomic E-state index is 0.0617. The van der Waals surface area contributed by atoms with Crippen molar-refractivity contribution in [3.8, 4) is 17.0 Å². The van der Waals surface area contributed by atoms with Crippen LogP contribution in [0.2, 0.25) is 0 Å². The Labute approximate surface area is 240 Å². The average Bonchev–Trinajstić information content (AvgIpc) is 3.36. The van der Waals surface area contributed by atoms with E-state index in [2.05, 4.69) is 15.3 Å². The number of hydrogen-bond acceptors (Lipinski definition) is 9. The van der Waals surface area contributed by atoms with Crippen LogP contribution in [0.1, 0.15) is 37.9 Å². The molecule has 0 aliphatic carbocycles. The van der Waals surface area contributed by atoms with E-state index in [0.29, 0.717) is 49.6 Å². The number of nitrogens with zero attached hydrogens (tertiary/aromatic N) is 4. The number of ether oxygens (including phenoxy) is 2. The molecular weight excluding hydrogens is 553 g/mol. The van der Waals surface area contributed by atoms with Crippen LogP contribution < -0.4 is 26.2 Å². The standard InChI is InChI=1S/C29H33F3N6O4/c1-3-41-26(40)21-15-28(17-34-21)10-12-38(13-11-28)22-14-23(36-27(33)35-22)42-25(29(30,31)32)19-6-4-18(5-7-19)20-8-9-24(39)37(2)16-20/h4-9,14,16,21,25,34H,3,10-13,15,17H2,1-2H3,(H2,33,35,36)/t21-,25+/m0/s1. The van der Waals surface area contributed by atoms with Gasteiger partial charge in [-0.1, -0.05) is 24.3 Å². The summed E-state index contributed by atoms with van der Waals surface area (Å²) in [6.45, 7) is 3.97. The SMILES string of the molecule is CCOC(=O)[C@@H]1CC2(CCN(c3cc(O[C@H](c4ccc(-c5ccc(=O)n(C)c5)cc4)C(F)(F)F)nc(N)n3)CC2)CN1. The molecule has 1 aromatic carbocycles. The molecule has 1 spiro atoms. The van der Waals surface area contributed by atoms with Crippen LogP contribution in [0.15, 0.2) is 53.5 Å². The van der Waals surface area contributed by atoms with Crippen molar-refractivity contribution in [3.63, 3.8) is 0 Å². The smallest absolute Gasteiger partial charge is 0.429 e. The molecule has 2 aliphatic heterocycles. The van der Waals surface area contributed by atoms with Crippen molar-refractivity contribution in [2.24, 2.45) is 12.5 Å². The topological polar surface area (TPSA) is 125 Å². The Balaban J connectivity index is 1.30. The highest BCUT2D eigenvalue weighted by Crippen LogP contribution is 2.41. The molecule has 2 saturated heterocycles. The summed E-state index contributed by atoms with van der Waals surface area (Å²) < 4.78 is 54.5. The van der Waals surface area contributed by atoms with Crippen molar-refractivity contribution >= 4 is 17.7 Å². The minimum Gasteiger partial charge on any atom is -0.465 e. The Morgan fingerprint density at radius 3 is 2.48 bits per heavy atom. The van der Waals surface area contributed by atoms with E-state index in [1.54, 1.807) is 38.4 Å². The number of carbonyl (C=O) groups excluding carboxylic acids is 1. The molecule has 0 amide bonds. The molecular formula is C29H33F3N6O4. The molecule has 2 aromatic heterocycles. The Kier molecular flexibility index (Phi) is 8.13. The third-order valence-corrected chi connectivity index (χ3v) is 7.95. The maximum Gasteiger partial charge on any atom is 0.429 e. The lowest BCUT2D eigenvalue weighted by Crippen LogP contribution is -2.41. The first kappa shape index (κ1) is 29.4. The third kappa shape index (κ3) is 6.35. The second-order valence-electron chi connectivity index (χ2n) is 10.8. The summed E-state index contributed by atoms with van der Waals surface area (Å²) in [5, 5.41) is 3.26. The van der Waals surface area contributed by atoms with Crippen molar-refractivity contribution in [2.45, 2.75) is 44.5 Å². The molecule has 2 fully saturated rings. The summed E-state index contributed by atoms with van der Waals surface area (Å²) in [7, 11) is 1.60. The van der Waals surface area contributed by atoms with Gasteiger partial charge in [0.25, 0.3) is 0 Å². The number of nitrogens with two attached hydrogens (primary N) is 1. The van der Waals surface area contributed by atoms with Crippen LogP contribution >= 0.6 is 0 Å². The van der Waals surface area contributed by atoms with Crippen LogP contribution in [0.5, 0.6) is 5.88 Å². The lowest BCUT2D eigenvalue weighted by atomic mass is 9.76. The van der Waals surface area contributed by atoms with Crippen LogP contribution in [-0.2, 0) is 16.6 Å². The van der Waals surface area contributed by atoms with Crippen LogP contribution in [0.3, 0.4) is 0 Å². The van der Waals surface area contributed by atoms with Crippen LogP contribution in [0.25, 0.3) is 11.1 Å². The highest BCUT2D eigenvalue weighted by molar-refractivity contribution is 5.76. The zero-order valence-electron chi connectivity index (χ0n) is 23.4. The zero-order valence-corrected chi connectivity index (χ0v) is 23.4. The number of aromatic nitrogens is 3. The molecule has 2 aliphatic rings. The lowest BCUT2D eigenvalue weighted by Gasteiger charge is -2.39. The maximum atomic E-state index is 14.2. The van der Waals surface area contributed by atoms with Gasteiger partial charge in [0.2, 0.25) is 23.5 Å². The molecule has 3 aromatic rings. The van der Waals surface area contributed by atoms with Gasteiger partial charge in [0.15, 0.2) is 0 Å². The molecule has 10 nitrogen and oxygen atoms in total. The molecule has 5 rings (SSSR count). The first-order chi connectivity index (χ1) is 20.0. The number of rotatable bonds is 7. The largest absolute Gasteiger partial charge is 0.465 e. The molecule has 224 valence electrons. The number of anilines is 2. The van der Waals surface area contributed by atoms with Crippen LogP contribution in [-0.4, -0.2) is 59.0 Å². The molecule has 13 heteroatoms. The number of alkyl halides is 3. The summed E-state index contributed by atoms with van der Waals surface area (Å²) in [5.74, 6) is -0.347. The number of aryl methyl sites for hydroxylation is 1. The summed E-state index contributed by atoms with van der Waals surface area (Å²) >= 11 is 0. The van der Waals surface area contributed by atoms with E-state index in [-0.39, 0.29) is 40.4 Å². The number of benzene rings is 1. The van der Waals surface area contributed by atoms with E-state index in [4.69, 9.17) is 15.2 Å². The number of pyridine rings is 1. The first-order valence-corrected chi connectivity index (χ1v) is 13.8. The number of nitrogen functional groups attached to an aromatic ring is 1. The van der Waals surface area contributed by atoms with E-state index in [9.17, 15) is 22.8 Å². The Morgan fingerprint density at radius 2 is 1.83 bits per heavy atom. The van der Waals surface area contributed by atoms with Crippen molar-refractivity contribution in [1.29, 1.82) is 0 Å². The van der Waals surface area contributed by atoms with Gasteiger partial charge in [0, 0.05) is 50.6 Å². The Bertz CT molecular complexity index is 1490. The second-order valence-corrected chi connectivity index (χ2v) is 10.8. The maximum absolute atomic E-state index is 14.2. The van der Waals surface area contributed by atoms with Gasteiger partial charge in [-0.3, -0.25) is 9.59 Å². The fourth-order valence-electron chi connectivity index (χ4n) is 5.63. The monoisotopic (exact) mass is 586 g/mol. The van der Waals surface area contributed by atoms with Crippen LogP contribution in [0, 0.1) is 5.41 Å². The fraction of sp³-hybridized carbons (Fsp3) is 0.448. The predicted molar refractivity (Wildman–Crippen MR) is 150 cm³/mol. The average molecular weight is 587 g/mol. The van der Waals surface area contributed by atoms with Crippen LogP contribution in [0.4, 0.5) is 24.9 Å². The van der Waals surface area contributed by atoms with Crippen molar-refractivity contribution in [3.05, 3.63) is 64.6 Å². The van der Waals surface area contributed by atoms with Gasteiger partial charge in [0.1, 0.15) is 11.9 Å². The summed E-state index contributed by atoms with van der Waals surface area (Å²) in [5.41, 5.74) is 6.87. The first-order valence-electron chi connectivity index (χ1n) is 13.8. The number of piperidine rings is 1. The number of nitrogens with one attached hydrogen (secondary N) is 1. The molecule has 2 atom stereocenters. The van der Waals surface area contributed by atoms with Crippen molar-refractivity contribution in [1.82, 2.24) is 19.9 Å². The van der Waals surface area contributed by atoms with E-state index in [1.807, 2.05) is 4.90 Å². The quantitative estimate of drug-likeness (QED) is 0.400. The molecule has 3 N–H and O–H groups in total. The van der Waals surface area contributed by atoms with Gasteiger partial charge >= 0.3 is 12.1 Å². The zero-order chi connectivity index (χ0) is 30.1. The van der Waals surface area contributed by atoms with E-state index in [1.165, 1.54) is 28.8 Å². The Morgan fingerprint density at radius 1 is 1.14 bits per heavy atom. The normalized spacial score (nSPS) is 19.1. The molecule has 42 heavy (non-hydrogen) atoms. The van der Waals surface area contributed by atoms with Gasteiger partial charge in [-0.2, -0.15) is 23.1 Å². The highest BCUT2D eigenvalue weighted by Gasteiger charge is 2.45. The number of esters is 1. The highest BCUT2D eigenvalue weighted by atomic mass is 19.4. The van der Waals surface area contributed by atoms with E-state index < -0.39 is 12.3 Å². The van der Waals surface area contributed by atoms with Crippen molar-refractivity contribution < 1.29 is 27.4 Å². The molecule has 4 heterocycles. The second kappa shape index (κ2) is 11.6.